The van der Waals surface area contributed by atoms with Gasteiger partial charge < -0.3 is 10.2 Å². The van der Waals surface area contributed by atoms with Crippen LogP contribution in [-0.4, -0.2) is 54.6 Å². The Morgan fingerprint density at radius 3 is 2.00 bits per heavy atom. The zero-order valence-electron chi connectivity index (χ0n) is 24.1. The molecular formula is C32H41N3O4S. The lowest BCUT2D eigenvalue weighted by Crippen LogP contribution is -2.54. The largest absolute Gasteiger partial charge is 0.350 e. The van der Waals surface area contributed by atoms with Crippen molar-refractivity contribution in [2.24, 2.45) is 0 Å². The number of rotatable bonds is 12. The molecule has 3 aromatic carbocycles. The number of hydrogen-bond acceptors (Lipinski definition) is 4. The van der Waals surface area contributed by atoms with Gasteiger partial charge in [0.05, 0.1) is 4.90 Å². The summed E-state index contributed by atoms with van der Waals surface area (Å²) in [6, 6.07) is 25.1. The first kappa shape index (κ1) is 31.0. The van der Waals surface area contributed by atoms with Crippen molar-refractivity contribution in [3.8, 4) is 0 Å². The van der Waals surface area contributed by atoms with Crippen molar-refractivity contribution in [2.75, 3.05) is 13.6 Å². The summed E-state index contributed by atoms with van der Waals surface area (Å²) in [6.07, 6.45) is 0.794. The van der Waals surface area contributed by atoms with Gasteiger partial charge >= 0.3 is 0 Å². The van der Waals surface area contributed by atoms with Gasteiger partial charge in [-0.2, -0.15) is 0 Å². The van der Waals surface area contributed by atoms with E-state index in [-0.39, 0.29) is 36.2 Å². The van der Waals surface area contributed by atoms with Crippen LogP contribution in [0, 0.1) is 6.92 Å². The molecule has 0 spiro atoms. The Bertz CT molecular complexity index is 1350. The first-order valence-corrected chi connectivity index (χ1v) is 15.0. The molecule has 0 saturated carbocycles. The standard InChI is InChI=1S/C32H41N3O4S/c1-25-18-20-27(21-19-25)24-35(29(31(37)33-32(2,3)4)23-26-13-8-6-9-14-26)30(36)17-12-22-34(5)40(38,39)28-15-10-7-11-16-28/h6-11,13-16,18-21,29H,12,17,22-24H2,1-5H3,(H,33,37)/t29-/m1/s1. The summed E-state index contributed by atoms with van der Waals surface area (Å²) in [6.45, 7) is 8.20. The summed E-state index contributed by atoms with van der Waals surface area (Å²) < 4.78 is 27.1. The number of sulfonamides is 1. The molecule has 2 amide bonds. The highest BCUT2D eigenvalue weighted by atomic mass is 32.2. The molecule has 3 aromatic rings. The van der Waals surface area contributed by atoms with E-state index in [1.807, 2.05) is 82.3 Å². The maximum absolute atomic E-state index is 13.8. The van der Waals surface area contributed by atoms with Crippen LogP contribution in [0.2, 0.25) is 0 Å². The molecule has 0 radical (unpaired) electrons. The number of nitrogens with zero attached hydrogens (tertiary/aromatic N) is 2. The second-order valence-corrected chi connectivity index (χ2v) is 13.2. The van der Waals surface area contributed by atoms with E-state index in [0.717, 1.165) is 16.7 Å². The third-order valence-corrected chi connectivity index (χ3v) is 8.43. The van der Waals surface area contributed by atoms with Crippen molar-refractivity contribution in [2.45, 2.75) is 70.0 Å². The maximum Gasteiger partial charge on any atom is 0.243 e. The molecule has 0 aliphatic rings. The molecule has 1 atom stereocenters. The number of carbonyl (C=O) groups is 2. The smallest absolute Gasteiger partial charge is 0.243 e. The van der Waals surface area contributed by atoms with Crippen molar-refractivity contribution in [3.63, 3.8) is 0 Å². The molecule has 40 heavy (non-hydrogen) atoms. The van der Waals surface area contributed by atoms with Crippen LogP contribution in [0.15, 0.2) is 89.8 Å². The number of aryl methyl sites for hydroxylation is 1. The Kier molecular flexibility index (Phi) is 10.7. The van der Waals surface area contributed by atoms with Gasteiger partial charge in [0.25, 0.3) is 0 Å². The quantitative estimate of drug-likeness (QED) is 0.338. The van der Waals surface area contributed by atoms with Crippen LogP contribution >= 0.6 is 0 Å². The van der Waals surface area contributed by atoms with Crippen LogP contribution in [0.3, 0.4) is 0 Å². The number of carbonyl (C=O) groups excluding carboxylic acids is 2. The van der Waals surface area contributed by atoms with Gasteiger partial charge in [-0.1, -0.05) is 78.4 Å². The van der Waals surface area contributed by atoms with Crippen LogP contribution < -0.4 is 5.32 Å². The second kappa shape index (κ2) is 13.7. The second-order valence-electron chi connectivity index (χ2n) is 11.2. The molecule has 0 aromatic heterocycles. The van der Waals surface area contributed by atoms with E-state index in [4.69, 9.17) is 0 Å². The highest BCUT2D eigenvalue weighted by Gasteiger charge is 2.32. The van der Waals surface area contributed by atoms with Crippen LogP contribution in [0.5, 0.6) is 0 Å². The number of benzene rings is 3. The van der Waals surface area contributed by atoms with E-state index in [1.165, 1.54) is 11.4 Å². The van der Waals surface area contributed by atoms with Crippen molar-refractivity contribution in [3.05, 3.63) is 102 Å². The van der Waals surface area contributed by atoms with Crippen LogP contribution in [-0.2, 0) is 32.6 Å². The summed E-state index contributed by atoms with van der Waals surface area (Å²) in [7, 11) is -2.14. The third-order valence-electron chi connectivity index (χ3n) is 6.56. The molecule has 214 valence electrons. The van der Waals surface area contributed by atoms with Gasteiger partial charge in [-0.05, 0) is 57.4 Å². The molecule has 3 rings (SSSR count). The lowest BCUT2D eigenvalue weighted by Gasteiger charge is -2.34. The van der Waals surface area contributed by atoms with E-state index >= 15 is 0 Å². The zero-order valence-corrected chi connectivity index (χ0v) is 24.9. The summed E-state index contributed by atoms with van der Waals surface area (Å²) in [5.74, 6) is -0.420. The summed E-state index contributed by atoms with van der Waals surface area (Å²) in [5, 5.41) is 3.06. The van der Waals surface area contributed by atoms with Crippen molar-refractivity contribution >= 4 is 21.8 Å². The summed E-state index contributed by atoms with van der Waals surface area (Å²) in [5.41, 5.74) is 2.51. The van der Waals surface area contributed by atoms with Gasteiger partial charge in [0.1, 0.15) is 6.04 Å². The maximum atomic E-state index is 13.8. The molecule has 0 aliphatic carbocycles. The SMILES string of the molecule is Cc1ccc(CN(C(=O)CCCN(C)S(=O)(=O)c2ccccc2)[C@H](Cc2ccccc2)C(=O)NC(C)(C)C)cc1. The van der Waals surface area contributed by atoms with Gasteiger partial charge in [0.15, 0.2) is 0 Å². The van der Waals surface area contributed by atoms with Crippen LogP contribution in [0.1, 0.15) is 50.3 Å². The third kappa shape index (κ3) is 9.03. The molecular weight excluding hydrogens is 522 g/mol. The van der Waals surface area contributed by atoms with Crippen molar-refractivity contribution < 1.29 is 18.0 Å². The minimum Gasteiger partial charge on any atom is -0.350 e. The lowest BCUT2D eigenvalue weighted by molar-refractivity contribution is -0.142. The average molecular weight is 564 g/mol. The first-order chi connectivity index (χ1) is 18.9. The normalized spacial score (nSPS) is 12.7. The summed E-state index contributed by atoms with van der Waals surface area (Å²) >= 11 is 0. The Hall–Kier alpha value is -3.49. The monoisotopic (exact) mass is 563 g/mol. The Labute approximate surface area is 239 Å². The molecule has 1 N–H and O–H groups in total. The van der Waals surface area contributed by atoms with Gasteiger partial charge in [-0.15, -0.1) is 0 Å². The fourth-order valence-corrected chi connectivity index (χ4v) is 5.62. The Morgan fingerprint density at radius 1 is 0.850 bits per heavy atom. The van der Waals surface area contributed by atoms with E-state index in [1.54, 1.807) is 35.2 Å². The molecule has 0 aliphatic heterocycles. The first-order valence-electron chi connectivity index (χ1n) is 13.6. The average Bonchev–Trinajstić information content (AvgIpc) is 2.91. The molecule has 7 nitrogen and oxygen atoms in total. The Balaban J connectivity index is 1.84. The van der Waals surface area contributed by atoms with Crippen molar-refractivity contribution in [1.29, 1.82) is 0 Å². The van der Waals surface area contributed by atoms with E-state index in [0.29, 0.717) is 12.8 Å². The summed E-state index contributed by atoms with van der Waals surface area (Å²) in [4.78, 5) is 29.3. The van der Waals surface area contributed by atoms with E-state index in [2.05, 4.69) is 5.32 Å². The predicted octanol–water partition coefficient (Wildman–Crippen LogP) is 4.95. The number of hydrogen-bond donors (Lipinski definition) is 1. The molecule has 0 heterocycles. The fraction of sp³-hybridized carbons (Fsp3) is 0.375. The number of amides is 2. The number of nitrogens with one attached hydrogen (secondary N) is 1. The molecule has 8 heteroatoms. The van der Waals surface area contributed by atoms with Gasteiger partial charge in [0.2, 0.25) is 21.8 Å². The van der Waals surface area contributed by atoms with Crippen LogP contribution in [0.4, 0.5) is 0 Å². The molecule has 0 fully saturated rings. The van der Waals surface area contributed by atoms with E-state index < -0.39 is 21.6 Å². The van der Waals surface area contributed by atoms with Crippen LogP contribution in [0.25, 0.3) is 0 Å². The predicted molar refractivity (Wildman–Crippen MR) is 159 cm³/mol. The minimum atomic E-state index is -3.66. The van der Waals surface area contributed by atoms with Gasteiger partial charge in [0, 0.05) is 38.5 Å². The molecule has 0 bridgehead atoms. The zero-order chi connectivity index (χ0) is 29.3. The topological polar surface area (TPSA) is 86.8 Å². The van der Waals surface area contributed by atoms with E-state index in [9.17, 15) is 18.0 Å². The Morgan fingerprint density at radius 2 is 1.43 bits per heavy atom. The van der Waals surface area contributed by atoms with Gasteiger partial charge in [-0.25, -0.2) is 12.7 Å². The highest BCUT2D eigenvalue weighted by molar-refractivity contribution is 7.89. The fourth-order valence-electron chi connectivity index (χ4n) is 4.39. The minimum absolute atomic E-state index is 0.106. The molecule has 0 saturated heterocycles. The highest BCUT2D eigenvalue weighted by Crippen LogP contribution is 2.19. The van der Waals surface area contributed by atoms with Crippen molar-refractivity contribution in [1.82, 2.24) is 14.5 Å². The lowest BCUT2D eigenvalue weighted by atomic mass is 10.00. The molecule has 0 unspecified atom stereocenters. The van der Waals surface area contributed by atoms with Gasteiger partial charge in [-0.3, -0.25) is 9.59 Å².